The van der Waals surface area contributed by atoms with Gasteiger partial charge >= 0.3 is 0 Å². The summed E-state index contributed by atoms with van der Waals surface area (Å²) in [6.45, 7) is 0. The molecule has 0 radical (unpaired) electrons. The van der Waals surface area contributed by atoms with Gasteiger partial charge in [-0.1, -0.05) is 0 Å². The lowest BCUT2D eigenvalue weighted by atomic mass is 9.76. The number of nitriles is 1. The largest absolute Gasteiger partial charge is 0.327 e. The molecule has 0 atom stereocenters. The van der Waals surface area contributed by atoms with Gasteiger partial charge in [-0.05, 0) is 49.4 Å². The van der Waals surface area contributed by atoms with E-state index in [1.165, 1.54) is 4.90 Å². The number of aryl methyl sites for hydroxylation is 1. The highest BCUT2D eigenvalue weighted by Crippen LogP contribution is 2.36. The molecule has 0 heterocycles. The summed E-state index contributed by atoms with van der Waals surface area (Å²) in [6.07, 6.45) is 2.50. The van der Waals surface area contributed by atoms with Crippen molar-refractivity contribution in [2.24, 2.45) is 0 Å². The fourth-order valence-corrected chi connectivity index (χ4v) is 2.42. The highest BCUT2D eigenvalue weighted by Gasteiger charge is 2.43. The molecule has 5 heteroatoms. The van der Waals surface area contributed by atoms with E-state index in [-0.39, 0.29) is 24.3 Å². The second-order valence-electron chi connectivity index (χ2n) is 5.19. The number of rotatable bonds is 4. The Hall–Kier alpha value is -1.96. The molecule has 0 spiro atoms. The van der Waals surface area contributed by atoms with Crippen LogP contribution in [0, 0.1) is 23.0 Å². The zero-order valence-electron chi connectivity index (χ0n) is 11.3. The molecule has 106 valence electrons. The minimum absolute atomic E-state index is 0.0697. The van der Waals surface area contributed by atoms with Gasteiger partial charge in [-0.15, -0.1) is 0 Å². The quantitative estimate of drug-likeness (QED) is 0.850. The molecule has 1 fully saturated rings. The van der Waals surface area contributed by atoms with Crippen molar-refractivity contribution in [2.45, 2.75) is 37.6 Å². The van der Waals surface area contributed by atoms with Crippen molar-refractivity contribution in [2.75, 3.05) is 7.05 Å². The molecule has 0 bridgehead atoms. The molecule has 1 aromatic carbocycles. The van der Waals surface area contributed by atoms with Crippen molar-refractivity contribution >= 4 is 5.91 Å². The van der Waals surface area contributed by atoms with E-state index >= 15 is 0 Å². The molecule has 3 nitrogen and oxygen atoms in total. The Balaban J connectivity index is 1.99. The Labute approximate surface area is 116 Å². The summed E-state index contributed by atoms with van der Waals surface area (Å²) in [5, 5.41) is 9.17. The zero-order chi connectivity index (χ0) is 14.8. The van der Waals surface area contributed by atoms with Gasteiger partial charge in [0.25, 0.3) is 0 Å². The first-order valence-electron chi connectivity index (χ1n) is 6.60. The lowest BCUT2D eigenvalue weighted by Gasteiger charge is -2.43. The number of amides is 1. The minimum atomic E-state index is -0.697. The molecule has 1 aliphatic carbocycles. The number of hydrogen-bond donors (Lipinski definition) is 0. The first-order valence-corrected chi connectivity index (χ1v) is 6.60. The first kappa shape index (κ1) is 14.4. The van der Waals surface area contributed by atoms with Crippen molar-refractivity contribution < 1.29 is 13.6 Å². The van der Waals surface area contributed by atoms with Crippen molar-refractivity contribution in [3.63, 3.8) is 0 Å². The maximum atomic E-state index is 13.5. The molecule has 20 heavy (non-hydrogen) atoms. The van der Waals surface area contributed by atoms with E-state index in [0.717, 1.165) is 24.6 Å². The number of carbonyl (C=O) groups excluding carboxylic acids is 1. The SMILES string of the molecule is CN(C(=O)CCc1cc(F)ccc1F)C1(C#N)CCC1. The van der Waals surface area contributed by atoms with Crippen molar-refractivity contribution in [1.29, 1.82) is 5.26 Å². The average Bonchev–Trinajstić information content (AvgIpc) is 2.38. The molecule has 1 amide bonds. The molecular weight excluding hydrogens is 262 g/mol. The van der Waals surface area contributed by atoms with E-state index in [0.29, 0.717) is 12.8 Å². The first-order chi connectivity index (χ1) is 9.48. The molecule has 0 saturated heterocycles. The standard InChI is InChI=1S/C15H16F2N2O/c1-19(15(10-18)7-2-8-15)14(20)6-3-11-9-12(16)4-5-13(11)17/h4-5,9H,2-3,6-8H2,1H3. The number of carbonyl (C=O) groups is 1. The summed E-state index contributed by atoms with van der Waals surface area (Å²) in [6, 6.07) is 5.39. The zero-order valence-corrected chi connectivity index (χ0v) is 11.3. The third-order valence-electron chi connectivity index (χ3n) is 4.02. The van der Waals surface area contributed by atoms with Crippen molar-refractivity contribution in [3.05, 3.63) is 35.4 Å². The highest BCUT2D eigenvalue weighted by molar-refractivity contribution is 5.77. The minimum Gasteiger partial charge on any atom is -0.327 e. The smallest absolute Gasteiger partial charge is 0.223 e. The number of halogens is 2. The summed E-state index contributed by atoms with van der Waals surface area (Å²) in [5.41, 5.74) is -0.510. The van der Waals surface area contributed by atoms with Crippen LogP contribution in [0.15, 0.2) is 18.2 Å². The average molecular weight is 278 g/mol. The van der Waals surface area contributed by atoms with E-state index in [1.54, 1.807) is 7.05 Å². The van der Waals surface area contributed by atoms with E-state index in [1.807, 2.05) is 0 Å². The van der Waals surface area contributed by atoms with Gasteiger partial charge in [0.15, 0.2) is 0 Å². The maximum absolute atomic E-state index is 13.5. The molecule has 0 unspecified atom stereocenters. The molecule has 2 rings (SSSR count). The van der Waals surface area contributed by atoms with Crippen LogP contribution in [-0.4, -0.2) is 23.4 Å². The van der Waals surface area contributed by atoms with Crippen molar-refractivity contribution in [3.8, 4) is 6.07 Å². The van der Waals surface area contributed by atoms with Crippen LogP contribution >= 0.6 is 0 Å². The van der Waals surface area contributed by atoms with Crippen molar-refractivity contribution in [1.82, 2.24) is 4.90 Å². The van der Waals surface area contributed by atoms with Gasteiger partial charge in [0.1, 0.15) is 17.2 Å². The second kappa shape index (κ2) is 5.58. The fraction of sp³-hybridized carbons (Fsp3) is 0.467. The van der Waals surface area contributed by atoms with Crippen LogP contribution in [0.3, 0.4) is 0 Å². The maximum Gasteiger partial charge on any atom is 0.223 e. The number of benzene rings is 1. The molecule has 1 aliphatic rings. The van der Waals surface area contributed by atoms with Crippen LogP contribution in [0.1, 0.15) is 31.2 Å². The lowest BCUT2D eigenvalue weighted by molar-refractivity contribution is -0.136. The number of nitrogens with zero attached hydrogens (tertiary/aromatic N) is 2. The Morgan fingerprint density at radius 2 is 2.15 bits per heavy atom. The van der Waals surface area contributed by atoms with Gasteiger partial charge in [0, 0.05) is 13.5 Å². The molecule has 1 aromatic rings. The normalized spacial score (nSPS) is 16.1. The van der Waals surface area contributed by atoms with E-state index in [2.05, 4.69) is 6.07 Å². The summed E-state index contributed by atoms with van der Waals surface area (Å²) in [7, 11) is 1.60. The Kier molecular flexibility index (Phi) is 4.03. The van der Waals surface area contributed by atoms with Crippen LogP contribution < -0.4 is 0 Å². The van der Waals surface area contributed by atoms with Crippen LogP contribution in [0.25, 0.3) is 0 Å². The third-order valence-corrected chi connectivity index (χ3v) is 4.02. The molecule has 1 saturated carbocycles. The van der Waals surface area contributed by atoms with Crippen LogP contribution in [-0.2, 0) is 11.2 Å². The summed E-state index contributed by atoms with van der Waals surface area (Å²) < 4.78 is 26.5. The van der Waals surface area contributed by atoms with Gasteiger partial charge in [-0.3, -0.25) is 4.79 Å². The summed E-state index contributed by atoms with van der Waals surface area (Å²) >= 11 is 0. The molecular formula is C15H16F2N2O. The van der Waals surface area contributed by atoms with Gasteiger partial charge in [-0.2, -0.15) is 5.26 Å². The van der Waals surface area contributed by atoms with E-state index in [9.17, 15) is 13.6 Å². The highest BCUT2D eigenvalue weighted by atomic mass is 19.1. The predicted octanol–water partition coefficient (Wildman–Crippen LogP) is 2.80. The van der Waals surface area contributed by atoms with Crippen LogP contribution in [0.5, 0.6) is 0 Å². The van der Waals surface area contributed by atoms with Gasteiger partial charge in [0.2, 0.25) is 5.91 Å². The summed E-state index contributed by atoms with van der Waals surface area (Å²) in [4.78, 5) is 13.5. The van der Waals surface area contributed by atoms with E-state index in [4.69, 9.17) is 5.26 Å². The van der Waals surface area contributed by atoms with Gasteiger partial charge < -0.3 is 4.90 Å². The van der Waals surface area contributed by atoms with Gasteiger partial charge in [-0.25, -0.2) is 8.78 Å². The number of hydrogen-bond acceptors (Lipinski definition) is 2. The van der Waals surface area contributed by atoms with Crippen LogP contribution in [0.2, 0.25) is 0 Å². The molecule has 0 aliphatic heterocycles. The Bertz CT molecular complexity index is 561. The lowest BCUT2D eigenvalue weighted by Crippen LogP contribution is -2.53. The topological polar surface area (TPSA) is 44.1 Å². The predicted molar refractivity (Wildman–Crippen MR) is 69.6 cm³/mol. The molecule has 0 N–H and O–H groups in total. The van der Waals surface area contributed by atoms with Crippen LogP contribution in [0.4, 0.5) is 8.78 Å². The van der Waals surface area contributed by atoms with E-state index < -0.39 is 17.2 Å². The second-order valence-corrected chi connectivity index (χ2v) is 5.19. The monoisotopic (exact) mass is 278 g/mol. The Morgan fingerprint density at radius 3 is 2.70 bits per heavy atom. The molecule has 0 aromatic heterocycles. The summed E-state index contributed by atoms with van der Waals surface area (Å²) in [5.74, 6) is -1.25. The third kappa shape index (κ3) is 2.64. The fourth-order valence-electron chi connectivity index (χ4n) is 2.42. The van der Waals surface area contributed by atoms with Gasteiger partial charge in [0.05, 0.1) is 6.07 Å². The Morgan fingerprint density at radius 1 is 1.45 bits per heavy atom.